The molecule has 1 aliphatic rings. The van der Waals surface area contributed by atoms with Gasteiger partial charge in [-0.3, -0.25) is 4.90 Å². The van der Waals surface area contributed by atoms with Crippen molar-refractivity contribution in [2.45, 2.75) is 0 Å². The van der Waals surface area contributed by atoms with Gasteiger partial charge in [0.2, 0.25) is 5.95 Å². The van der Waals surface area contributed by atoms with Crippen LogP contribution in [0.2, 0.25) is 0 Å². The largest absolute Gasteiger partial charge is 0.493 e. The molecule has 1 fully saturated rings. The number of benzene rings is 1. The topological polar surface area (TPSA) is 97.0 Å². The van der Waals surface area contributed by atoms with Crippen molar-refractivity contribution in [3.05, 3.63) is 30.5 Å². The van der Waals surface area contributed by atoms with E-state index in [-0.39, 0.29) is 12.6 Å². The van der Waals surface area contributed by atoms with Gasteiger partial charge in [0, 0.05) is 32.7 Å². The number of β-amino-alcohol motifs (C(OH)–C–C–N with tert-alkyl or cyclic N) is 1. The van der Waals surface area contributed by atoms with Gasteiger partial charge in [-0.15, -0.1) is 0 Å². The summed E-state index contributed by atoms with van der Waals surface area (Å²) in [5.41, 5.74) is 5.79. The maximum atomic E-state index is 9.07. The quantitative estimate of drug-likeness (QED) is 0.799. The molecule has 1 aromatic carbocycles. The highest BCUT2D eigenvalue weighted by molar-refractivity contribution is 5.56. The predicted octanol–water partition coefficient (Wildman–Crippen LogP) is 0.974. The van der Waals surface area contributed by atoms with Crippen LogP contribution in [0.5, 0.6) is 17.2 Å². The van der Waals surface area contributed by atoms with Crippen molar-refractivity contribution in [1.29, 1.82) is 0 Å². The van der Waals surface area contributed by atoms with E-state index in [4.69, 9.17) is 20.3 Å². The SMILES string of the molecule is COc1ccccc1Oc1cnc(N)nc1N1CCN(CCO)CC1. The highest BCUT2D eigenvalue weighted by Gasteiger charge is 2.22. The van der Waals surface area contributed by atoms with Gasteiger partial charge in [-0.2, -0.15) is 4.98 Å². The van der Waals surface area contributed by atoms with Gasteiger partial charge in [-0.1, -0.05) is 12.1 Å². The standard InChI is InChI=1S/C17H23N5O3/c1-24-13-4-2-3-5-14(13)25-15-12-19-17(18)20-16(15)22-8-6-21(7-9-22)10-11-23/h2-5,12,23H,6-11H2,1H3,(H2,18,19,20). The molecule has 1 saturated heterocycles. The number of nitrogens with zero attached hydrogens (tertiary/aromatic N) is 4. The predicted molar refractivity (Wildman–Crippen MR) is 95.3 cm³/mol. The smallest absolute Gasteiger partial charge is 0.222 e. The number of aliphatic hydroxyl groups excluding tert-OH is 1. The molecular formula is C17H23N5O3. The molecule has 8 heteroatoms. The van der Waals surface area contributed by atoms with Gasteiger partial charge in [0.05, 0.1) is 19.9 Å². The first-order chi connectivity index (χ1) is 12.2. The second kappa shape index (κ2) is 8.00. The Bertz CT molecular complexity index is 704. The summed E-state index contributed by atoms with van der Waals surface area (Å²) in [7, 11) is 1.60. The Balaban J connectivity index is 1.81. The molecule has 8 nitrogen and oxygen atoms in total. The van der Waals surface area contributed by atoms with Crippen molar-refractivity contribution < 1.29 is 14.6 Å². The van der Waals surface area contributed by atoms with Gasteiger partial charge < -0.3 is 25.2 Å². The third kappa shape index (κ3) is 4.09. The Morgan fingerprint density at radius 3 is 2.52 bits per heavy atom. The number of methoxy groups -OCH3 is 1. The first kappa shape index (κ1) is 17.2. The van der Waals surface area contributed by atoms with E-state index in [0.29, 0.717) is 29.6 Å². The Kier molecular flexibility index (Phi) is 5.52. The molecule has 0 spiro atoms. The number of piperazine rings is 1. The maximum Gasteiger partial charge on any atom is 0.222 e. The highest BCUT2D eigenvalue weighted by Crippen LogP contribution is 2.35. The lowest BCUT2D eigenvalue weighted by Gasteiger charge is -2.35. The van der Waals surface area contributed by atoms with E-state index in [2.05, 4.69) is 19.8 Å². The third-order valence-electron chi connectivity index (χ3n) is 4.13. The number of hydrogen-bond acceptors (Lipinski definition) is 8. The van der Waals surface area contributed by atoms with Gasteiger partial charge >= 0.3 is 0 Å². The summed E-state index contributed by atoms with van der Waals surface area (Å²) < 4.78 is 11.3. The summed E-state index contributed by atoms with van der Waals surface area (Å²) in [6.07, 6.45) is 1.59. The molecule has 134 valence electrons. The van der Waals surface area contributed by atoms with E-state index in [1.54, 1.807) is 13.3 Å². The molecule has 3 N–H and O–H groups in total. The van der Waals surface area contributed by atoms with Gasteiger partial charge in [-0.05, 0) is 12.1 Å². The van der Waals surface area contributed by atoms with Crippen LogP contribution in [0.4, 0.5) is 11.8 Å². The van der Waals surface area contributed by atoms with Gasteiger partial charge in [0.15, 0.2) is 23.1 Å². The molecule has 2 aromatic rings. The maximum absolute atomic E-state index is 9.07. The Labute approximate surface area is 146 Å². The number of para-hydroxylation sites is 2. The number of aliphatic hydroxyl groups is 1. The number of nitrogen functional groups attached to an aromatic ring is 1. The zero-order valence-corrected chi connectivity index (χ0v) is 14.3. The molecule has 0 amide bonds. The van der Waals surface area contributed by atoms with Gasteiger partial charge in [0.1, 0.15) is 0 Å². The number of ether oxygens (including phenoxy) is 2. The van der Waals surface area contributed by atoms with Crippen molar-refractivity contribution in [1.82, 2.24) is 14.9 Å². The summed E-state index contributed by atoms with van der Waals surface area (Å²) in [5, 5.41) is 9.07. The van der Waals surface area contributed by atoms with Crippen LogP contribution in [0, 0.1) is 0 Å². The average Bonchev–Trinajstić information content (AvgIpc) is 2.64. The van der Waals surface area contributed by atoms with Crippen LogP contribution in [0.25, 0.3) is 0 Å². The van der Waals surface area contributed by atoms with Gasteiger partial charge in [0.25, 0.3) is 0 Å². The van der Waals surface area contributed by atoms with Crippen LogP contribution in [0.1, 0.15) is 0 Å². The van der Waals surface area contributed by atoms with E-state index in [1.165, 1.54) is 0 Å². The molecule has 1 aromatic heterocycles. The first-order valence-electron chi connectivity index (χ1n) is 8.23. The number of nitrogens with two attached hydrogens (primary N) is 1. The van der Waals surface area contributed by atoms with Crippen molar-refractivity contribution in [2.75, 3.05) is 57.1 Å². The molecule has 0 atom stereocenters. The number of hydrogen-bond donors (Lipinski definition) is 2. The minimum absolute atomic E-state index is 0.169. The fourth-order valence-electron chi connectivity index (χ4n) is 2.82. The zero-order chi connectivity index (χ0) is 17.6. The molecular weight excluding hydrogens is 322 g/mol. The molecule has 0 aliphatic carbocycles. The lowest BCUT2D eigenvalue weighted by Crippen LogP contribution is -2.47. The van der Waals surface area contributed by atoms with Crippen LogP contribution < -0.4 is 20.1 Å². The number of rotatable bonds is 6. The number of anilines is 2. The van der Waals surface area contributed by atoms with Crippen LogP contribution in [-0.2, 0) is 0 Å². The van der Waals surface area contributed by atoms with Crippen LogP contribution >= 0.6 is 0 Å². The molecule has 1 aliphatic heterocycles. The second-order valence-corrected chi connectivity index (χ2v) is 5.72. The second-order valence-electron chi connectivity index (χ2n) is 5.72. The lowest BCUT2D eigenvalue weighted by atomic mass is 10.3. The Morgan fingerprint density at radius 2 is 1.84 bits per heavy atom. The summed E-state index contributed by atoms with van der Waals surface area (Å²) >= 11 is 0. The Hall–Kier alpha value is -2.58. The Morgan fingerprint density at radius 1 is 1.12 bits per heavy atom. The van der Waals surface area contributed by atoms with Gasteiger partial charge in [-0.25, -0.2) is 4.98 Å². The fourth-order valence-corrected chi connectivity index (χ4v) is 2.82. The lowest BCUT2D eigenvalue weighted by molar-refractivity contribution is 0.188. The average molecular weight is 345 g/mol. The molecule has 0 radical (unpaired) electrons. The van der Waals surface area contributed by atoms with Crippen LogP contribution in [0.15, 0.2) is 30.5 Å². The van der Waals surface area contributed by atoms with E-state index in [9.17, 15) is 0 Å². The van der Waals surface area contributed by atoms with E-state index >= 15 is 0 Å². The van der Waals surface area contributed by atoms with E-state index in [0.717, 1.165) is 26.2 Å². The minimum Gasteiger partial charge on any atom is -0.493 e. The summed E-state index contributed by atoms with van der Waals surface area (Å²) in [6.45, 7) is 4.10. The summed E-state index contributed by atoms with van der Waals surface area (Å²) in [5.74, 6) is 2.65. The first-order valence-corrected chi connectivity index (χ1v) is 8.23. The zero-order valence-electron chi connectivity index (χ0n) is 14.3. The van der Waals surface area contributed by atoms with Crippen molar-refractivity contribution >= 4 is 11.8 Å². The molecule has 2 heterocycles. The number of aromatic nitrogens is 2. The molecule has 25 heavy (non-hydrogen) atoms. The summed E-state index contributed by atoms with van der Waals surface area (Å²) in [6, 6.07) is 7.43. The van der Waals surface area contributed by atoms with Crippen LogP contribution in [-0.4, -0.2) is 66.4 Å². The van der Waals surface area contributed by atoms with Crippen molar-refractivity contribution in [3.63, 3.8) is 0 Å². The normalized spacial score (nSPS) is 15.2. The van der Waals surface area contributed by atoms with Crippen LogP contribution in [0.3, 0.4) is 0 Å². The van der Waals surface area contributed by atoms with E-state index < -0.39 is 0 Å². The van der Waals surface area contributed by atoms with Crippen molar-refractivity contribution in [3.8, 4) is 17.2 Å². The molecule has 3 rings (SSSR count). The molecule has 0 saturated carbocycles. The molecule has 0 bridgehead atoms. The molecule has 0 unspecified atom stereocenters. The fraction of sp³-hybridized carbons (Fsp3) is 0.412. The third-order valence-corrected chi connectivity index (χ3v) is 4.13. The van der Waals surface area contributed by atoms with Crippen molar-refractivity contribution in [2.24, 2.45) is 0 Å². The minimum atomic E-state index is 0.169. The monoisotopic (exact) mass is 345 g/mol. The van der Waals surface area contributed by atoms with E-state index in [1.807, 2.05) is 24.3 Å². The summed E-state index contributed by atoms with van der Waals surface area (Å²) in [4.78, 5) is 12.8. The highest BCUT2D eigenvalue weighted by atomic mass is 16.5.